The van der Waals surface area contributed by atoms with Crippen molar-refractivity contribution in [1.82, 2.24) is 9.80 Å². The van der Waals surface area contributed by atoms with Crippen LogP contribution in [-0.4, -0.2) is 102 Å². The number of benzene rings is 1. The number of esters is 1. The van der Waals surface area contributed by atoms with E-state index in [1.807, 2.05) is 13.8 Å². The maximum absolute atomic E-state index is 16.1. The van der Waals surface area contributed by atoms with E-state index in [9.17, 15) is 4.79 Å². The molecule has 0 aromatic heterocycles. The Kier molecular flexibility index (Phi) is 10.9. The zero-order valence-electron chi connectivity index (χ0n) is 34.8. The largest absolute Gasteiger partial charge is 0.482 e. The van der Waals surface area contributed by atoms with Crippen LogP contribution in [0.3, 0.4) is 0 Å². The number of methoxy groups -OCH3 is 1. The van der Waals surface area contributed by atoms with Gasteiger partial charge in [0.25, 0.3) is 0 Å². The van der Waals surface area contributed by atoms with E-state index in [1.54, 1.807) is 13.0 Å². The van der Waals surface area contributed by atoms with Crippen LogP contribution in [0.5, 0.6) is 17.2 Å². The first-order chi connectivity index (χ1) is 26.4. The molecule has 4 heterocycles. The standard InChI is InChI=1S/C45H59BrN2O8/c1-26(2)12-11-17-43(8)18-16-30-37(54-43)29(14-13-27(3)4)39-33(38(30)53-25-46)36(49)34-35(48-22-20-47(9)21-23-48)31-24-32-42(6,7)56-44(40(31)50,45(32,34)55-39)19-15-28(5)41(51)52-10/h12-13,15-16,18,31-32,34-35H,11,14,17,19-25H2,1-10H3/b28-15-. The predicted molar refractivity (Wildman–Crippen MR) is 220 cm³/mol. The summed E-state index contributed by atoms with van der Waals surface area (Å²) in [6.45, 7) is 19.2. The second-order valence-electron chi connectivity index (χ2n) is 18.0. The molecule has 7 unspecified atom stereocenters. The van der Waals surface area contributed by atoms with Crippen LogP contribution < -0.4 is 14.2 Å². The summed E-state index contributed by atoms with van der Waals surface area (Å²) >= 11 is 3.52. The van der Waals surface area contributed by atoms with E-state index in [0.717, 1.165) is 50.2 Å². The number of alkyl halides is 1. The summed E-state index contributed by atoms with van der Waals surface area (Å²) in [7, 11) is 3.45. The zero-order valence-corrected chi connectivity index (χ0v) is 36.4. The average Bonchev–Trinajstić information content (AvgIpc) is 3.28. The van der Waals surface area contributed by atoms with Crippen molar-refractivity contribution in [3.05, 3.63) is 57.7 Å². The molecule has 0 radical (unpaired) electrons. The van der Waals surface area contributed by atoms with Gasteiger partial charge in [-0.05, 0) is 116 Å². The van der Waals surface area contributed by atoms with Gasteiger partial charge in [0, 0.05) is 61.6 Å². The van der Waals surface area contributed by atoms with E-state index in [0.29, 0.717) is 46.8 Å². The highest BCUT2D eigenvalue weighted by atomic mass is 79.9. The number of fused-ring (bicyclic) bond motifs is 2. The van der Waals surface area contributed by atoms with Crippen molar-refractivity contribution in [2.24, 2.45) is 17.8 Å². The number of hydrogen-bond donors (Lipinski definition) is 0. The first-order valence-electron chi connectivity index (χ1n) is 20.2. The van der Waals surface area contributed by atoms with E-state index in [2.05, 4.69) is 91.7 Å². The number of allylic oxidation sites excluding steroid dienone is 4. The highest BCUT2D eigenvalue weighted by Crippen LogP contribution is 2.71. The lowest BCUT2D eigenvalue weighted by atomic mass is 9.44. The lowest BCUT2D eigenvalue weighted by molar-refractivity contribution is -0.214. The van der Waals surface area contributed by atoms with Crippen LogP contribution in [0.25, 0.3) is 6.08 Å². The first-order valence-corrected chi connectivity index (χ1v) is 21.3. The number of ether oxygens (including phenoxy) is 5. The fraction of sp³-hybridized carbons (Fsp3) is 0.622. The Morgan fingerprint density at radius 1 is 0.982 bits per heavy atom. The number of ketones is 2. The molecule has 0 amide bonds. The number of piperazine rings is 1. The van der Waals surface area contributed by atoms with Crippen molar-refractivity contribution in [3.8, 4) is 17.2 Å². The topological polar surface area (TPSA) is 104 Å². The number of nitrogens with zero attached hydrogens (tertiary/aromatic N) is 2. The molecule has 56 heavy (non-hydrogen) atoms. The molecule has 4 aliphatic heterocycles. The van der Waals surface area contributed by atoms with Crippen molar-refractivity contribution >= 4 is 39.5 Å². The lowest BCUT2D eigenvalue weighted by Gasteiger charge is -2.65. The normalized spacial score (nSPS) is 32.8. The van der Waals surface area contributed by atoms with Crippen LogP contribution in [0, 0.1) is 17.8 Å². The first kappa shape index (κ1) is 40.9. The number of carbonyl (C=O) groups is 3. The van der Waals surface area contributed by atoms with Crippen LogP contribution >= 0.6 is 15.9 Å². The Balaban J connectivity index is 1.51. The molecule has 7 atom stereocenters. The summed E-state index contributed by atoms with van der Waals surface area (Å²) in [5.41, 5.74) is 0.347. The summed E-state index contributed by atoms with van der Waals surface area (Å²) in [4.78, 5) is 48.9. The van der Waals surface area contributed by atoms with Crippen molar-refractivity contribution in [1.29, 1.82) is 0 Å². The quantitative estimate of drug-likeness (QED) is 0.0956. The monoisotopic (exact) mass is 834 g/mol. The molecule has 4 bridgehead atoms. The third-order valence-corrected chi connectivity index (χ3v) is 13.6. The van der Waals surface area contributed by atoms with Gasteiger partial charge in [0.15, 0.2) is 22.8 Å². The third kappa shape index (κ3) is 6.34. The van der Waals surface area contributed by atoms with Gasteiger partial charge in [0.1, 0.15) is 33.9 Å². The molecule has 2 saturated heterocycles. The van der Waals surface area contributed by atoms with Gasteiger partial charge < -0.3 is 28.6 Å². The highest BCUT2D eigenvalue weighted by Gasteiger charge is 2.86. The van der Waals surface area contributed by atoms with Gasteiger partial charge in [-0.2, -0.15) is 0 Å². The smallest absolute Gasteiger partial charge is 0.333 e. The number of carbonyl (C=O) groups excluding carboxylic acids is 3. The van der Waals surface area contributed by atoms with Crippen LogP contribution in [0.4, 0.5) is 0 Å². The molecule has 8 rings (SSSR count). The maximum atomic E-state index is 16.1. The van der Waals surface area contributed by atoms with Gasteiger partial charge in [-0.1, -0.05) is 29.4 Å². The van der Waals surface area contributed by atoms with E-state index >= 15 is 9.59 Å². The number of rotatable bonds is 11. The Morgan fingerprint density at radius 2 is 1.68 bits per heavy atom. The number of Topliss-reactive ketones (excluding diaryl/α,β-unsaturated/α-hetero) is 2. The second kappa shape index (κ2) is 14.8. The van der Waals surface area contributed by atoms with Crippen molar-refractivity contribution in [3.63, 3.8) is 0 Å². The minimum Gasteiger partial charge on any atom is -0.482 e. The molecule has 3 aliphatic carbocycles. The molecule has 1 aromatic rings. The molecular weight excluding hydrogens is 776 g/mol. The van der Waals surface area contributed by atoms with Gasteiger partial charge >= 0.3 is 5.97 Å². The molecule has 11 heteroatoms. The molecule has 1 aromatic carbocycles. The molecule has 0 N–H and O–H groups in total. The van der Waals surface area contributed by atoms with Gasteiger partial charge in [0.05, 0.1) is 24.2 Å². The van der Waals surface area contributed by atoms with Gasteiger partial charge in [-0.3, -0.25) is 14.5 Å². The number of likely N-dealkylation sites (N-methyl/N-ethyl adjacent to an activating group) is 1. The van der Waals surface area contributed by atoms with Crippen molar-refractivity contribution in [2.75, 3.05) is 45.9 Å². The van der Waals surface area contributed by atoms with E-state index in [-0.39, 0.29) is 29.4 Å². The van der Waals surface area contributed by atoms with Gasteiger partial charge in [-0.25, -0.2) is 4.79 Å². The Hall–Kier alpha value is -3.25. The SMILES string of the molecule is COC(=O)/C(C)=C\CC12OC(C)(C)C3CC(C1=O)C(N1CCN(C)CC1)C1C(=O)c4c(OCBr)c5c(c(CC=C(C)C)c4OC132)OC(C)(CCC=C(C)C)C=C5. The summed E-state index contributed by atoms with van der Waals surface area (Å²) in [5, 5.41) is 0. The summed E-state index contributed by atoms with van der Waals surface area (Å²) < 4.78 is 33.4. The molecule has 1 spiro atoms. The zero-order chi connectivity index (χ0) is 40.5. The van der Waals surface area contributed by atoms with Crippen LogP contribution in [0.15, 0.2) is 41.0 Å². The fourth-order valence-electron chi connectivity index (χ4n) is 10.7. The molecule has 304 valence electrons. The summed E-state index contributed by atoms with van der Waals surface area (Å²) in [6, 6.07) is -0.399. The summed E-state index contributed by atoms with van der Waals surface area (Å²) in [6.07, 6.45) is 12.8. The molecule has 10 nitrogen and oxygen atoms in total. The van der Waals surface area contributed by atoms with E-state index in [4.69, 9.17) is 23.7 Å². The molecular formula is C45H59BrN2O8. The minimum absolute atomic E-state index is 0.0589. The fourth-order valence-corrected chi connectivity index (χ4v) is 10.9. The lowest BCUT2D eigenvalue weighted by Crippen LogP contribution is -2.82. The van der Waals surface area contributed by atoms with E-state index < -0.39 is 46.3 Å². The van der Waals surface area contributed by atoms with Gasteiger partial charge in [0.2, 0.25) is 0 Å². The number of hydrogen-bond acceptors (Lipinski definition) is 10. The predicted octanol–water partition coefficient (Wildman–Crippen LogP) is 7.66. The average molecular weight is 836 g/mol. The Morgan fingerprint density at radius 3 is 2.32 bits per heavy atom. The van der Waals surface area contributed by atoms with Crippen molar-refractivity contribution in [2.45, 2.75) is 116 Å². The molecule has 5 fully saturated rings. The van der Waals surface area contributed by atoms with Crippen LogP contribution in [-0.2, 0) is 25.5 Å². The molecule has 3 saturated carbocycles. The van der Waals surface area contributed by atoms with Gasteiger partial charge in [-0.15, -0.1) is 0 Å². The second-order valence-corrected chi connectivity index (χ2v) is 18.5. The Labute approximate surface area is 340 Å². The van der Waals surface area contributed by atoms with Crippen molar-refractivity contribution < 1.29 is 38.1 Å². The third-order valence-electron chi connectivity index (χ3n) is 13.4. The summed E-state index contributed by atoms with van der Waals surface area (Å²) in [5.74, 6) is -0.720. The molecule has 7 aliphatic rings. The van der Waals surface area contributed by atoms with Crippen LogP contribution in [0.2, 0.25) is 0 Å². The minimum atomic E-state index is -1.54. The Bertz CT molecular complexity index is 1930. The van der Waals surface area contributed by atoms with E-state index in [1.165, 1.54) is 12.7 Å². The van der Waals surface area contributed by atoms with Crippen LogP contribution in [0.1, 0.15) is 103 Å². The maximum Gasteiger partial charge on any atom is 0.333 e. The number of halogens is 1. The highest BCUT2D eigenvalue weighted by molar-refractivity contribution is 9.09.